The van der Waals surface area contributed by atoms with Crippen LogP contribution in [0, 0.1) is 35.5 Å². The molecule has 0 amide bonds. The smallest absolute Gasteiger partial charge is 0.0326 e. The van der Waals surface area contributed by atoms with Gasteiger partial charge < -0.3 is 0 Å². The van der Waals surface area contributed by atoms with E-state index < -0.39 is 0 Å². The van der Waals surface area contributed by atoms with Crippen LogP contribution in [-0.2, 0) is 0 Å². The minimum atomic E-state index is 0.871. The molecule has 78 valence electrons. The van der Waals surface area contributed by atoms with E-state index in [0.717, 1.165) is 35.5 Å². The fraction of sp³-hybridized carbons (Fsp3) is 1.00. The van der Waals surface area contributed by atoms with Crippen molar-refractivity contribution in [1.82, 2.24) is 0 Å². The van der Waals surface area contributed by atoms with Gasteiger partial charge in [0.15, 0.2) is 0 Å². The molecule has 0 saturated heterocycles. The lowest BCUT2D eigenvalue weighted by Gasteiger charge is -2.14. The van der Waals surface area contributed by atoms with E-state index in [1.807, 2.05) is 0 Å². The third kappa shape index (κ3) is 2.48. The molecule has 0 radical (unpaired) electrons. The molecule has 1 fully saturated rings. The van der Waals surface area contributed by atoms with Crippen LogP contribution in [0.3, 0.4) is 0 Å². The monoisotopic (exact) mass is 182 g/mol. The van der Waals surface area contributed by atoms with Gasteiger partial charge in [-0.25, -0.2) is 0 Å². The molecule has 0 heteroatoms. The zero-order valence-corrected chi connectivity index (χ0v) is 10.2. The van der Waals surface area contributed by atoms with Crippen molar-refractivity contribution in [3.05, 3.63) is 0 Å². The summed E-state index contributed by atoms with van der Waals surface area (Å²) in [4.78, 5) is 0. The summed E-state index contributed by atoms with van der Waals surface area (Å²) in [6.07, 6.45) is 1.41. The second kappa shape index (κ2) is 4.02. The molecule has 0 aliphatic heterocycles. The van der Waals surface area contributed by atoms with Crippen LogP contribution in [0.15, 0.2) is 0 Å². The van der Waals surface area contributed by atoms with Gasteiger partial charge in [-0.15, -0.1) is 0 Å². The van der Waals surface area contributed by atoms with Crippen molar-refractivity contribution < 1.29 is 0 Å². The third-order valence-corrected chi connectivity index (χ3v) is 3.79. The highest BCUT2D eigenvalue weighted by Crippen LogP contribution is 2.55. The summed E-state index contributed by atoms with van der Waals surface area (Å²) in [7, 11) is 0. The maximum atomic E-state index is 2.45. The molecule has 0 N–H and O–H groups in total. The van der Waals surface area contributed by atoms with Crippen molar-refractivity contribution in [2.24, 2.45) is 35.5 Å². The van der Waals surface area contributed by atoms with E-state index >= 15 is 0 Å². The first-order valence-electron chi connectivity index (χ1n) is 5.95. The summed E-state index contributed by atoms with van der Waals surface area (Å²) in [5, 5.41) is 0. The molecule has 1 rings (SSSR count). The first-order chi connectivity index (χ1) is 5.95. The van der Waals surface area contributed by atoms with Crippen LogP contribution in [0.25, 0.3) is 0 Å². The molecular formula is C13H26. The molecule has 0 nitrogen and oxygen atoms in total. The van der Waals surface area contributed by atoms with Crippen molar-refractivity contribution >= 4 is 0 Å². The first kappa shape index (κ1) is 11.1. The molecule has 13 heavy (non-hydrogen) atoms. The molecular weight excluding hydrogens is 156 g/mol. The maximum Gasteiger partial charge on any atom is -0.0326 e. The van der Waals surface area contributed by atoms with Crippen LogP contribution in [0.4, 0.5) is 0 Å². The molecule has 0 bridgehead atoms. The maximum absolute atomic E-state index is 2.45. The molecule has 0 aromatic carbocycles. The highest BCUT2D eigenvalue weighted by molar-refractivity contribution is 4.98. The lowest BCUT2D eigenvalue weighted by atomic mass is 9.91. The summed E-state index contributed by atoms with van der Waals surface area (Å²) in [5.74, 6) is 5.76. The average molecular weight is 182 g/mol. The molecule has 0 aromatic heterocycles. The molecule has 0 aromatic rings. The van der Waals surface area contributed by atoms with Crippen LogP contribution in [-0.4, -0.2) is 0 Å². The Morgan fingerprint density at radius 2 is 1.46 bits per heavy atom. The Morgan fingerprint density at radius 1 is 0.923 bits per heavy atom. The number of rotatable bonds is 4. The quantitative estimate of drug-likeness (QED) is 0.611. The Morgan fingerprint density at radius 3 is 1.77 bits per heavy atom. The summed E-state index contributed by atoms with van der Waals surface area (Å²) in [5.41, 5.74) is 0. The minimum absolute atomic E-state index is 0.871. The molecule has 4 unspecified atom stereocenters. The van der Waals surface area contributed by atoms with Gasteiger partial charge in [-0.2, -0.15) is 0 Å². The Kier molecular flexibility index (Phi) is 3.43. The van der Waals surface area contributed by atoms with Gasteiger partial charge in [0.05, 0.1) is 0 Å². The van der Waals surface area contributed by atoms with Crippen molar-refractivity contribution in [3.8, 4) is 0 Å². The van der Waals surface area contributed by atoms with Crippen LogP contribution in [0.1, 0.15) is 48.0 Å². The second-order valence-electron chi connectivity index (χ2n) is 5.86. The van der Waals surface area contributed by atoms with E-state index in [4.69, 9.17) is 0 Å². The molecule has 0 spiro atoms. The largest absolute Gasteiger partial charge is 0.0628 e. The standard InChI is InChI=1S/C13H26/c1-8(2)7-10(5)13-11(6)12(13)9(3)4/h8-13H,7H2,1-6H3. The zero-order valence-electron chi connectivity index (χ0n) is 10.2. The van der Waals surface area contributed by atoms with Crippen LogP contribution >= 0.6 is 0 Å². The Balaban J connectivity index is 2.38. The summed E-state index contributed by atoms with van der Waals surface area (Å²) >= 11 is 0. The van der Waals surface area contributed by atoms with Crippen molar-refractivity contribution in [3.63, 3.8) is 0 Å². The lowest BCUT2D eigenvalue weighted by molar-refractivity contribution is 0.357. The molecule has 1 aliphatic rings. The SMILES string of the molecule is CC(C)CC(C)C1C(C)C1C(C)C. The van der Waals surface area contributed by atoms with Crippen molar-refractivity contribution in [1.29, 1.82) is 0 Å². The lowest BCUT2D eigenvalue weighted by Crippen LogP contribution is -2.05. The highest BCUT2D eigenvalue weighted by Gasteiger charge is 2.50. The van der Waals surface area contributed by atoms with E-state index in [1.165, 1.54) is 6.42 Å². The predicted octanol–water partition coefficient (Wildman–Crippen LogP) is 4.21. The molecule has 4 atom stereocenters. The van der Waals surface area contributed by atoms with Gasteiger partial charge >= 0.3 is 0 Å². The van der Waals surface area contributed by atoms with Gasteiger partial charge in [-0.1, -0.05) is 41.5 Å². The van der Waals surface area contributed by atoms with E-state index in [9.17, 15) is 0 Å². The van der Waals surface area contributed by atoms with Crippen molar-refractivity contribution in [2.75, 3.05) is 0 Å². The number of hydrogen-bond donors (Lipinski definition) is 0. The normalized spacial score (nSPS) is 35.5. The minimum Gasteiger partial charge on any atom is -0.0628 e. The Hall–Kier alpha value is 0. The first-order valence-corrected chi connectivity index (χ1v) is 5.95. The highest BCUT2D eigenvalue weighted by atomic mass is 14.5. The predicted molar refractivity (Wildman–Crippen MR) is 59.6 cm³/mol. The third-order valence-electron chi connectivity index (χ3n) is 3.79. The van der Waals surface area contributed by atoms with Crippen LogP contribution in [0.2, 0.25) is 0 Å². The van der Waals surface area contributed by atoms with E-state index in [1.54, 1.807) is 0 Å². The number of hydrogen-bond acceptors (Lipinski definition) is 0. The average Bonchev–Trinajstić information content (AvgIpc) is 2.59. The summed E-state index contributed by atoms with van der Waals surface area (Å²) in [6, 6.07) is 0. The van der Waals surface area contributed by atoms with E-state index in [-0.39, 0.29) is 0 Å². The van der Waals surface area contributed by atoms with Crippen LogP contribution in [0.5, 0.6) is 0 Å². The zero-order chi connectivity index (χ0) is 10.2. The van der Waals surface area contributed by atoms with E-state index in [0.29, 0.717) is 0 Å². The summed E-state index contributed by atoms with van der Waals surface area (Å²) in [6.45, 7) is 14.3. The topological polar surface area (TPSA) is 0 Å². The molecule has 1 aliphatic carbocycles. The second-order valence-corrected chi connectivity index (χ2v) is 5.86. The fourth-order valence-corrected chi connectivity index (χ4v) is 3.38. The Labute approximate surface area is 84.1 Å². The van der Waals surface area contributed by atoms with Crippen LogP contribution < -0.4 is 0 Å². The fourth-order valence-electron chi connectivity index (χ4n) is 3.38. The molecule has 0 heterocycles. The Bertz CT molecular complexity index is 157. The van der Waals surface area contributed by atoms with Gasteiger partial charge in [0, 0.05) is 0 Å². The summed E-state index contributed by atoms with van der Waals surface area (Å²) < 4.78 is 0. The van der Waals surface area contributed by atoms with Gasteiger partial charge in [0.1, 0.15) is 0 Å². The van der Waals surface area contributed by atoms with E-state index in [2.05, 4.69) is 41.5 Å². The van der Waals surface area contributed by atoms with Gasteiger partial charge in [-0.05, 0) is 41.9 Å². The van der Waals surface area contributed by atoms with Gasteiger partial charge in [0.2, 0.25) is 0 Å². The van der Waals surface area contributed by atoms with Gasteiger partial charge in [0.25, 0.3) is 0 Å². The molecule has 1 saturated carbocycles. The van der Waals surface area contributed by atoms with Crippen molar-refractivity contribution in [2.45, 2.75) is 48.0 Å². The van der Waals surface area contributed by atoms with Gasteiger partial charge in [-0.3, -0.25) is 0 Å².